The Morgan fingerprint density at radius 2 is 1.98 bits per heavy atom. The number of aromatic nitrogens is 6. The summed E-state index contributed by atoms with van der Waals surface area (Å²) in [5.74, 6) is 0.421. The summed E-state index contributed by atoms with van der Waals surface area (Å²) in [6.07, 6.45) is 3.85. The monoisotopic (exact) mass is 688 g/mol. The summed E-state index contributed by atoms with van der Waals surface area (Å²) in [6.45, 7) is 3.02. The van der Waals surface area contributed by atoms with Crippen molar-refractivity contribution < 1.29 is 23.8 Å². The average Bonchev–Trinajstić information content (AvgIpc) is 3.83. The third-order valence-electron chi connectivity index (χ3n) is 9.99. The number of ether oxygens (including phenoxy) is 2. The number of piperidine rings is 1. The zero-order chi connectivity index (χ0) is 33.6. The number of amides is 1. The van der Waals surface area contributed by atoms with E-state index in [1.807, 2.05) is 65.2 Å². The van der Waals surface area contributed by atoms with Crippen LogP contribution in [0.4, 0.5) is 15.0 Å². The number of carbonyl (C=O) groups is 1. The number of aryl methyl sites for hydroxylation is 1. The summed E-state index contributed by atoms with van der Waals surface area (Å²) >= 11 is 7.01. The van der Waals surface area contributed by atoms with E-state index >= 15 is 4.39 Å². The molecular formula is C35H38ClFN8O4. The molecule has 5 aromatic rings. The highest BCUT2D eigenvalue weighted by atomic mass is 35.5. The number of aliphatic hydroxyl groups excluding tert-OH is 1. The lowest BCUT2D eigenvalue weighted by atomic mass is 9.95. The minimum absolute atomic E-state index is 0.104. The Labute approximate surface area is 287 Å². The molecule has 6 heterocycles. The maximum Gasteiger partial charge on any atom is 0.407 e. The maximum absolute atomic E-state index is 16.3. The standard InChI is InChI=1S/C35H38ClFN8O4/c1-2-43-17-23-24(41-43)13-12-22(29(23)36)31-32-34(45(42-31)28-10-6-7-15-48-28)40-33(26(18-46)38-32)44-21-11-14-27(44)30(37)25(16-21)39-35(47)49-19-20-8-4-3-5-9-20/h3-5,8-9,12-13,17,21,25,27-28,30,46H,2,6-7,10-11,14-16,18-19H2,1H3,(H,39,47)/t21-,25-,27+,28?,30-/m0/s1. The second kappa shape index (κ2) is 13.2. The van der Waals surface area contributed by atoms with Gasteiger partial charge in [0.25, 0.3) is 0 Å². The van der Waals surface area contributed by atoms with Crippen LogP contribution >= 0.6 is 11.6 Å². The molecule has 2 N–H and O–H groups in total. The minimum atomic E-state index is -1.39. The van der Waals surface area contributed by atoms with E-state index in [1.54, 1.807) is 4.68 Å². The van der Waals surface area contributed by atoms with E-state index < -0.39 is 31.0 Å². The smallest absolute Gasteiger partial charge is 0.407 e. The number of alkyl halides is 1. The molecule has 49 heavy (non-hydrogen) atoms. The van der Waals surface area contributed by atoms with Crippen molar-refractivity contribution in [3.8, 4) is 11.3 Å². The van der Waals surface area contributed by atoms with E-state index in [1.165, 1.54) is 0 Å². The molecule has 5 atom stereocenters. The van der Waals surface area contributed by atoms with Gasteiger partial charge >= 0.3 is 6.09 Å². The number of fused-ring (bicyclic) bond motifs is 4. The van der Waals surface area contributed by atoms with Gasteiger partial charge in [0.05, 0.1) is 29.2 Å². The van der Waals surface area contributed by atoms with Crippen molar-refractivity contribution in [2.75, 3.05) is 11.5 Å². The number of nitrogens with zero attached hydrogens (tertiary/aromatic N) is 7. The number of alkyl carbamates (subject to hydrolysis) is 1. The first-order chi connectivity index (χ1) is 23.9. The Morgan fingerprint density at radius 1 is 1.12 bits per heavy atom. The van der Waals surface area contributed by atoms with Gasteiger partial charge in [-0.2, -0.15) is 10.2 Å². The summed E-state index contributed by atoms with van der Waals surface area (Å²) in [6, 6.07) is 11.8. The molecule has 1 unspecified atom stereocenters. The molecule has 0 radical (unpaired) electrons. The van der Waals surface area contributed by atoms with Crippen LogP contribution in [0.2, 0.25) is 5.02 Å². The Morgan fingerprint density at radius 3 is 2.76 bits per heavy atom. The number of aliphatic hydroxyl groups is 1. The van der Waals surface area contributed by atoms with Gasteiger partial charge in [-0.05, 0) is 63.1 Å². The summed E-state index contributed by atoms with van der Waals surface area (Å²) in [5.41, 5.74) is 4.11. The van der Waals surface area contributed by atoms with Gasteiger partial charge in [-0.15, -0.1) is 0 Å². The molecule has 3 aromatic heterocycles. The topological polar surface area (TPSA) is 132 Å². The van der Waals surface area contributed by atoms with E-state index in [4.69, 9.17) is 36.1 Å². The van der Waals surface area contributed by atoms with Crippen LogP contribution in [0.1, 0.15) is 62.9 Å². The molecule has 3 aliphatic rings. The van der Waals surface area contributed by atoms with Crippen molar-refractivity contribution in [3.63, 3.8) is 0 Å². The van der Waals surface area contributed by atoms with Gasteiger partial charge in [-0.25, -0.2) is 23.8 Å². The molecule has 14 heteroatoms. The van der Waals surface area contributed by atoms with Gasteiger partial charge in [0.2, 0.25) is 0 Å². The predicted octanol–water partition coefficient (Wildman–Crippen LogP) is 6.08. The molecule has 3 fully saturated rings. The predicted molar refractivity (Wildman–Crippen MR) is 182 cm³/mol. The SMILES string of the molecule is CCn1cc2c(Cl)c(-c3nn(C4CCCCO4)c4nc(N5[C@H]6CC[C@@H]5[C@@H](F)[C@@H](NC(=O)OCc5ccccc5)C6)c(CO)nc34)ccc2n1. The largest absolute Gasteiger partial charge is 0.445 e. The zero-order valence-corrected chi connectivity index (χ0v) is 27.9. The average molecular weight is 689 g/mol. The number of halogens is 2. The minimum Gasteiger partial charge on any atom is -0.445 e. The van der Waals surface area contributed by atoms with Crippen molar-refractivity contribution in [1.82, 2.24) is 34.8 Å². The lowest BCUT2D eigenvalue weighted by molar-refractivity contribution is -0.0368. The third kappa shape index (κ3) is 5.77. The molecule has 256 valence electrons. The van der Waals surface area contributed by atoms with E-state index in [2.05, 4.69) is 10.4 Å². The van der Waals surface area contributed by atoms with E-state index in [9.17, 15) is 9.90 Å². The maximum atomic E-state index is 16.3. The Hall–Kier alpha value is -4.33. The molecule has 0 spiro atoms. The first-order valence-electron chi connectivity index (χ1n) is 17.0. The van der Waals surface area contributed by atoms with Gasteiger partial charge in [0.1, 0.15) is 29.7 Å². The van der Waals surface area contributed by atoms with Gasteiger partial charge in [0.15, 0.2) is 17.7 Å². The number of hydrogen-bond acceptors (Lipinski definition) is 9. The van der Waals surface area contributed by atoms with Crippen LogP contribution in [0.3, 0.4) is 0 Å². The summed E-state index contributed by atoms with van der Waals surface area (Å²) in [5, 5.41) is 24.3. The molecule has 3 aliphatic heterocycles. The van der Waals surface area contributed by atoms with Crippen LogP contribution in [0.25, 0.3) is 33.3 Å². The number of hydrogen-bond donors (Lipinski definition) is 2. The van der Waals surface area contributed by atoms with Crippen LogP contribution < -0.4 is 10.2 Å². The van der Waals surface area contributed by atoms with Crippen molar-refractivity contribution >= 4 is 45.6 Å². The lowest BCUT2D eigenvalue weighted by Gasteiger charge is -2.42. The van der Waals surface area contributed by atoms with E-state index in [0.717, 1.165) is 35.7 Å². The highest BCUT2D eigenvalue weighted by Gasteiger charge is 2.50. The quantitative estimate of drug-likeness (QED) is 0.199. The molecule has 2 bridgehead atoms. The number of nitrogens with one attached hydrogen (secondary N) is 1. The van der Waals surface area contributed by atoms with Gasteiger partial charge < -0.3 is 24.8 Å². The Balaban J connectivity index is 1.14. The first kappa shape index (κ1) is 31.9. The molecule has 3 saturated heterocycles. The molecular weight excluding hydrogens is 651 g/mol. The molecule has 0 aliphatic carbocycles. The van der Waals surface area contributed by atoms with Crippen LogP contribution in [0, 0.1) is 0 Å². The Bertz CT molecular complexity index is 2000. The highest BCUT2D eigenvalue weighted by molar-refractivity contribution is 6.38. The van der Waals surface area contributed by atoms with Crippen molar-refractivity contribution in [2.45, 2.75) is 95.7 Å². The Kier molecular flexibility index (Phi) is 8.58. The van der Waals surface area contributed by atoms with Crippen molar-refractivity contribution in [2.24, 2.45) is 0 Å². The second-order valence-corrected chi connectivity index (χ2v) is 13.4. The molecule has 2 aromatic carbocycles. The molecule has 12 nitrogen and oxygen atoms in total. The number of rotatable bonds is 8. The number of anilines is 1. The van der Waals surface area contributed by atoms with Crippen LogP contribution in [0.5, 0.6) is 0 Å². The van der Waals surface area contributed by atoms with Gasteiger partial charge in [-0.3, -0.25) is 4.68 Å². The summed E-state index contributed by atoms with van der Waals surface area (Å²) in [7, 11) is 0. The second-order valence-electron chi connectivity index (χ2n) is 13.0. The summed E-state index contributed by atoms with van der Waals surface area (Å²) in [4.78, 5) is 24.7. The van der Waals surface area contributed by atoms with Gasteiger partial charge in [0, 0.05) is 36.3 Å². The van der Waals surface area contributed by atoms with E-state index in [-0.39, 0.29) is 18.9 Å². The van der Waals surface area contributed by atoms with E-state index in [0.29, 0.717) is 71.4 Å². The summed E-state index contributed by atoms with van der Waals surface area (Å²) < 4.78 is 31.4. The number of carbonyl (C=O) groups excluding carboxylic acids is 1. The zero-order valence-electron chi connectivity index (χ0n) is 27.1. The fraction of sp³-hybridized carbons (Fsp3) is 0.457. The lowest BCUT2D eigenvalue weighted by Crippen LogP contribution is -2.58. The highest BCUT2D eigenvalue weighted by Crippen LogP contribution is 2.43. The third-order valence-corrected chi connectivity index (χ3v) is 10.4. The molecule has 0 saturated carbocycles. The van der Waals surface area contributed by atoms with Crippen molar-refractivity contribution in [3.05, 3.63) is 64.9 Å². The fourth-order valence-corrected chi connectivity index (χ4v) is 7.87. The first-order valence-corrected chi connectivity index (χ1v) is 17.4. The number of benzene rings is 2. The van der Waals surface area contributed by atoms with Gasteiger partial charge in [-0.1, -0.05) is 41.9 Å². The van der Waals surface area contributed by atoms with Crippen LogP contribution in [0.15, 0.2) is 48.7 Å². The van der Waals surface area contributed by atoms with Crippen LogP contribution in [-0.2, 0) is 29.2 Å². The van der Waals surface area contributed by atoms with Crippen LogP contribution in [-0.4, -0.2) is 71.6 Å². The fourth-order valence-electron chi connectivity index (χ4n) is 7.57. The molecule has 8 rings (SSSR count). The van der Waals surface area contributed by atoms with Crippen molar-refractivity contribution in [1.29, 1.82) is 0 Å². The normalized spacial score (nSPS) is 23.8. The molecule has 1 amide bonds.